The fourth-order valence-electron chi connectivity index (χ4n) is 3.63. The molecule has 0 spiro atoms. The second-order valence-electron chi connectivity index (χ2n) is 6.99. The molecule has 1 aliphatic heterocycles. The molecule has 0 radical (unpaired) electrons. The van der Waals surface area contributed by atoms with Gasteiger partial charge >= 0.3 is 0 Å². The summed E-state index contributed by atoms with van der Waals surface area (Å²) in [5.41, 5.74) is 9.25. The normalized spacial score (nSPS) is 17.1. The Kier molecular flexibility index (Phi) is 5.48. The first-order chi connectivity index (χ1) is 12.9. The first kappa shape index (κ1) is 18.9. The van der Waals surface area contributed by atoms with E-state index in [-0.39, 0.29) is 17.9 Å². The molecule has 27 heavy (non-hydrogen) atoms. The highest BCUT2D eigenvalue weighted by molar-refractivity contribution is 5.80. The van der Waals surface area contributed by atoms with Gasteiger partial charge in [0.25, 0.3) is 0 Å². The number of hydrogen-bond donors (Lipinski definition) is 1. The van der Waals surface area contributed by atoms with Gasteiger partial charge in [-0.05, 0) is 45.0 Å². The van der Waals surface area contributed by atoms with Gasteiger partial charge in [-0.25, -0.2) is 9.97 Å². The SMILES string of the molecule is COc1ccc(N2CCN(C(=O)Cc3c(C)nc(N)nc3C)C(C)C2)cc1. The highest BCUT2D eigenvalue weighted by Gasteiger charge is 2.28. The number of nitrogen functional groups attached to an aromatic ring is 1. The molecule has 1 aliphatic rings. The number of carbonyl (C=O) groups excluding carboxylic acids is 1. The van der Waals surface area contributed by atoms with E-state index in [1.807, 2.05) is 30.9 Å². The topological polar surface area (TPSA) is 84.6 Å². The van der Waals surface area contributed by atoms with Crippen molar-refractivity contribution in [2.24, 2.45) is 0 Å². The molecule has 2 N–H and O–H groups in total. The van der Waals surface area contributed by atoms with Crippen LogP contribution in [0.4, 0.5) is 11.6 Å². The van der Waals surface area contributed by atoms with Crippen LogP contribution >= 0.6 is 0 Å². The van der Waals surface area contributed by atoms with E-state index in [1.54, 1.807) is 7.11 Å². The van der Waals surface area contributed by atoms with Gasteiger partial charge in [-0.15, -0.1) is 0 Å². The smallest absolute Gasteiger partial charge is 0.227 e. The number of aryl methyl sites for hydroxylation is 2. The number of amides is 1. The van der Waals surface area contributed by atoms with Crippen LogP contribution in [0.15, 0.2) is 24.3 Å². The zero-order chi connectivity index (χ0) is 19.6. The molecule has 1 aromatic heterocycles. The Balaban J connectivity index is 1.66. The number of nitrogens with zero attached hydrogens (tertiary/aromatic N) is 4. The van der Waals surface area contributed by atoms with E-state index in [1.165, 1.54) is 0 Å². The van der Waals surface area contributed by atoms with E-state index in [9.17, 15) is 4.79 Å². The van der Waals surface area contributed by atoms with Gasteiger partial charge in [0.2, 0.25) is 11.9 Å². The maximum Gasteiger partial charge on any atom is 0.227 e. The third kappa shape index (κ3) is 4.13. The van der Waals surface area contributed by atoms with Crippen LogP contribution in [0, 0.1) is 13.8 Å². The number of benzene rings is 1. The number of ether oxygens (including phenoxy) is 1. The Bertz CT molecular complexity index is 799. The maximum absolute atomic E-state index is 12.9. The zero-order valence-electron chi connectivity index (χ0n) is 16.4. The molecular formula is C20H27N5O2. The van der Waals surface area contributed by atoms with Crippen molar-refractivity contribution in [2.75, 3.05) is 37.4 Å². The number of methoxy groups -OCH3 is 1. The van der Waals surface area contributed by atoms with Gasteiger partial charge in [0.1, 0.15) is 5.75 Å². The summed E-state index contributed by atoms with van der Waals surface area (Å²) in [6, 6.07) is 8.17. The van der Waals surface area contributed by atoms with Crippen LogP contribution in [-0.4, -0.2) is 53.6 Å². The maximum atomic E-state index is 12.9. The summed E-state index contributed by atoms with van der Waals surface area (Å²) in [5.74, 6) is 1.20. The Hall–Kier alpha value is -2.83. The molecule has 2 aromatic rings. The molecule has 0 saturated carbocycles. The number of nitrogens with two attached hydrogens (primary N) is 1. The van der Waals surface area contributed by atoms with E-state index in [0.29, 0.717) is 13.0 Å². The molecule has 0 bridgehead atoms. The monoisotopic (exact) mass is 369 g/mol. The number of piperazine rings is 1. The van der Waals surface area contributed by atoms with Gasteiger partial charge < -0.3 is 20.3 Å². The van der Waals surface area contributed by atoms with Crippen molar-refractivity contribution < 1.29 is 9.53 Å². The molecular weight excluding hydrogens is 342 g/mol. The van der Waals surface area contributed by atoms with Gasteiger partial charge in [0.15, 0.2) is 0 Å². The lowest BCUT2D eigenvalue weighted by atomic mass is 10.1. The largest absolute Gasteiger partial charge is 0.497 e. The quantitative estimate of drug-likeness (QED) is 0.887. The lowest BCUT2D eigenvalue weighted by molar-refractivity contribution is -0.132. The second kappa shape index (κ2) is 7.82. The van der Waals surface area contributed by atoms with Crippen molar-refractivity contribution in [1.29, 1.82) is 0 Å². The summed E-state index contributed by atoms with van der Waals surface area (Å²) in [4.78, 5) is 25.5. The van der Waals surface area contributed by atoms with Crippen LogP contribution in [0.25, 0.3) is 0 Å². The zero-order valence-corrected chi connectivity index (χ0v) is 16.4. The lowest BCUT2D eigenvalue weighted by Gasteiger charge is -2.41. The fourth-order valence-corrected chi connectivity index (χ4v) is 3.63. The minimum atomic E-state index is 0.108. The first-order valence-corrected chi connectivity index (χ1v) is 9.17. The summed E-state index contributed by atoms with van der Waals surface area (Å²) in [7, 11) is 1.66. The fraction of sp³-hybridized carbons (Fsp3) is 0.450. The third-order valence-corrected chi connectivity index (χ3v) is 5.15. The van der Waals surface area contributed by atoms with Crippen LogP contribution < -0.4 is 15.4 Å². The predicted octanol–water partition coefficient (Wildman–Crippen LogP) is 1.96. The number of rotatable bonds is 4. The summed E-state index contributed by atoms with van der Waals surface area (Å²) in [6.07, 6.45) is 0.310. The van der Waals surface area contributed by atoms with Crippen LogP contribution in [-0.2, 0) is 11.2 Å². The molecule has 2 heterocycles. The van der Waals surface area contributed by atoms with Crippen LogP contribution in [0.1, 0.15) is 23.9 Å². The molecule has 1 amide bonds. The number of hydrogen-bond acceptors (Lipinski definition) is 6. The van der Waals surface area contributed by atoms with Gasteiger partial charge in [-0.2, -0.15) is 0 Å². The minimum absolute atomic E-state index is 0.108. The van der Waals surface area contributed by atoms with Gasteiger partial charge in [-0.3, -0.25) is 4.79 Å². The number of anilines is 2. The Morgan fingerprint density at radius 3 is 2.37 bits per heavy atom. The average molecular weight is 369 g/mol. The van der Waals surface area contributed by atoms with Crippen LogP contribution in [0.2, 0.25) is 0 Å². The summed E-state index contributed by atoms with van der Waals surface area (Å²) >= 11 is 0. The summed E-state index contributed by atoms with van der Waals surface area (Å²) < 4.78 is 5.22. The molecule has 1 aromatic carbocycles. The highest BCUT2D eigenvalue weighted by atomic mass is 16.5. The molecule has 7 heteroatoms. The number of carbonyl (C=O) groups is 1. The Morgan fingerprint density at radius 2 is 1.81 bits per heavy atom. The minimum Gasteiger partial charge on any atom is -0.497 e. The van der Waals surface area contributed by atoms with Crippen molar-refractivity contribution in [3.05, 3.63) is 41.2 Å². The van der Waals surface area contributed by atoms with Crippen molar-refractivity contribution in [3.8, 4) is 5.75 Å². The average Bonchev–Trinajstić information content (AvgIpc) is 2.64. The van der Waals surface area contributed by atoms with Crippen molar-refractivity contribution in [2.45, 2.75) is 33.2 Å². The van der Waals surface area contributed by atoms with Gasteiger partial charge in [0.05, 0.1) is 13.5 Å². The third-order valence-electron chi connectivity index (χ3n) is 5.15. The molecule has 0 aliphatic carbocycles. The standard InChI is InChI=1S/C20H27N5O2/c1-13-12-24(16-5-7-17(27-4)8-6-16)9-10-25(13)19(26)11-18-14(2)22-20(21)23-15(18)3/h5-8,13H,9-12H2,1-4H3,(H2,21,22,23). The van der Waals surface area contributed by atoms with E-state index < -0.39 is 0 Å². The molecule has 7 nitrogen and oxygen atoms in total. The predicted molar refractivity (Wildman–Crippen MR) is 106 cm³/mol. The summed E-state index contributed by atoms with van der Waals surface area (Å²) in [5, 5.41) is 0. The van der Waals surface area contributed by atoms with Crippen molar-refractivity contribution >= 4 is 17.5 Å². The van der Waals surface area contributed by atoms with Gasteiger partial charge in [-0.1, -0.05) is 0 Å². The van der Waals surface area contributed by atoms with Crippen molar-refractivity contribution in [3.63, 3.8) is 0 Å². The summed E-state index contributed by atoms with van der Waals surface area (Å²) in [6.45, 7) is 8.14. The van der Waals surface area contributed by atoms with E-state index >= 15 is 0 Å². The van der Waals surface area contributed by atoms with E-state index in [4.69, 9.17) is 10.5 Å². The molecule has 1 unspecified atom stereocenters. The Morgan fingerprint density at radius 1 is 1.19 bits per heavy atom. The molecule has 3 rings (SSSR count). The van der Waals surface area contributed by atoms with E-state index in [0.717, 1.165) is 41.5 Å². The number of aromatic nitrogens is 2. The lowest BCUT2D eigenvalue weighted by Crippen LogP contribution is -2.54. The molecule has 1 atom stereocenters. The molecule has 1 fully saturated rings. The first-order valence-electron chi connectivity index (χ1n) is 9.17. The van der Waals surface area contributed by atoms with Crippen LogP contribution in [0.5, 0.6) is 5.75 Å². The van der Waals surface area contributed by atoms with E-state index in [2.05, 4.69) is 33.9 Å². The van der Waals surface area contributed by atoms with Crippen LogP contribution in [0.3, 0.4) is 0 Å². The molecule has 1 saturated heterocycles. The Labute approximate surface area is 160 Å². The van der Waals surface area contributed by atoms with Crippen molar-refractivity contribution in [1.82, 2.24) is 14.9 Å². The van der Waals surface area contributed by atoms with Gasteiger partial charge in [0, 0.05) is 48.3 Å². The molecule has 144 valence electrons. The second-order valence-corrected chi connectivity index (χ2v) is 6.99. The highest BCUT2D eigenvalue weighted by Crippen LogP contribution is 2.23.